The highest BCUT2D eigenvalue weighted by molar-refractivity contribution is 14.1. The Morgan fingerprint density at radius 3 is 2.56 bits per heavy atom. The fourth-order valence-corrected chi connectivity index (χ4v) is 1.82. The number of rotatable bonds is 5. The van der Waals surface area contributed by atoms with E-state index in [9.17, 15) is 0 Å². The number of hydrogen-bond acceptors (Lipinski definition) is 2. The molecule has 16 heavy (non-hydrogen) atoms. The normalized spacial score (nSPS) is 11.5. The van der Waals surface area contributed by atoms with Crippen molar-refractivity contribution in [1.82, 2.24) is 5.32 Å². The smallest absolute Gasteiger partial charge is 0.132 e. The van der Waals surface area contributed by atoms with Crippen LogP contribution in [-0.4, -0.2) is 18.7 Å². The van der Waals surface area contributed by atoms with Crippen molar-refractivity contribution in [3.63, 3.8) is 0 Å². The van der Waals surface area contributed by atoms with Crippen LogP contribution in [0.1, 0.15) is 27.2 Å². The van der Waals surface area contributed by atoms with Crippen LogP contribution in [0.15, 0.2) is 24.3 Å². The zero-order valence-electron chi connectivity index (χ0n) is 10.2. The van der Waals surface area contributed by atoms with Crippen LogP contribution in [0.5, 0.6) is 5.75 Å². The van der Waals surface area contributed by atoms with Crippen LogP contribution in [0.2, 0.25) is 0 Å². The van der Waals surface area contributed by atoms with Crippen molar-refractivity contribution in [3.05, 3.63) is 27.8 Å². The highest BCUT2D eigenvalue weighted by atomic mass is 127. The topological polar surface area (TPSA) is 21.3 Å². The van der Waals surface area contributed by atoms with Crippen LogP contribution in [-0.2, 0) is 0 Å². The van der Waals surface area contributed by atoms with Crippen molar-refractivity contribution in [2.45, 2.75) is 32.7 Å². The molecular formula is C13H20INO. The van der Waals surface area contributed by atoms with E-state index in [0.29, 0.717) is 0 Å². The third-order valence-electron chi connectivity index (χ3n) is 2.07. The van der Waals surface area contributed by atoms with Gasteiger partial charge >= 0.3 is 0 Å². The second-order valence-corrected chi connectivity index (χ2v) is 5.97. The number of nitrogens with one attached hydrogen (secondary N) is 1. The van der Waals surface area contributed by atoms with E-state index in [4.69, 9.17) is 4.74 Å². The van der Waals surface area contributed by atoms with Gasteiger partial charge in [0.1, 0.15) is 5.75 Å². The zero-order chi connectivity index (χ0) is 12.0. The maximum atomic E-state index is 5.70. The average molecular weight is 333 g/mol. The van der Waals surface area contributed by atoms with Gasteiger partial charge in [-0.25, -0.2) is 0 Å². The summed E-state index contributed by atoms with van der Waals surface area (Å²) < 4.78 is 6.87. The first kappa shape index (κ1) is 13.8. The number of hydrogen-bond donors (Lipinski definition) is 1. The van der Waals surface area contributed by atoms with E-state index < -0.39 is 0 Å². The number of benzene rings is 1. The molecule has 0 bridgehead atoms. The molecule has 1 rings (SSSR count). The Hall–Kier alpha value is -0.290. The molecule has 0 amide bonds. The van der Waals surface area contributed by atoms with Gasteiger partial charge in [-0.1, -0.05) is 12.1 Å². The van der Waals surface area contributed by atoms with Crippen molar-refractivity contribution in [1.29, 1.82) is 0 Å². The lowest BCUT2D eigenvalue weighted by Crippen LogP contribution is -2.36. The summed E-state index contributed by atoms with van der Waals surface area (Å²) in [4.78, 5) is 0. The van der Waals surface area contributed by atoms with Gasteiger partial charge in [0.15, 0.2) is 0 Å². The molecule has 0 radical (unpaired) electrons. The molecule has 0 spiro atoms. The lowest BCUT2D eigenvalue weighted by molar-refractivity contribution is 0.296. The van der Waals surface area contributed by atoms with Crippen LogP contribution < -0.4 is 10.1 Å². The molecule has 0 saturated heterocycles. The summed E-state index contributed by atoms with van der Waals surface area (Å²) in [5.41, 5.74) is 0.196. The number of ether oxygens (including phenoxy) is 1. The Kier molecular flexibility index (Phi) is 5.55. The maximum absolute atomic E-state index is 5.70. The molecule has 0 aromatic heterocycles. The first-order valence-corrected chi connectivity index (χ1v) is 6.69. The molecule has 0 atom stereocenters. The summed E-state index contributed by atoms with van der Waals surface area (Å²) in [6, 6.07) is 8.10. The lowest BCUT2D eigenvalue weighted by Gasteiger charge is -2.20. The Morgan fingerprint density at radius 1 is 1.25 bits per heavy atom. The van der Waals surface area contributed by atoms with Crippen molar-refractivity contribution < 1.29 is 4.74 Å². The molecule has 0 aliphatic carbocycles. The van der Waals surface area contributed by atoms with E-state index in [2.05, 4.69) is 54.7 Å². The standard InChI is InChI=1S/C13H20INO/c1-13(2,3)15-9-6-10-16-12-8-5-4-7-11(12)14/h4-5,7-8,15H,6,9-10H2,1-3H3. The Balaban J connectivity index is 2.19. The van der Waals surface area contributed by atoms with E-state index in [0.717, 1.165) is 25.3 Å². The first-order valence-electron chi connectivity index (χ1n) is 5.61. The molecule has 0 fully saturated rings. The van der Waals surface area contributed by atoms with Gasteiger partial charge in [0, 0.05) is 5.54 Å². The Bertz CT molecular complexity index is 320. The molecule has 0 aliphatic rings. The quantitative estimate of drug-likeness (QED) is 0.658. The SMILES string of the molecule is CC(C)(C)NCCCOc1ccccc1I. The van der Waals surface area contributed by atoms with Gasteiger partial charge < -0.3 is 10.1 Å². The second kappa shape index (κ2) is 6.45. The van der Waals surface area contributed by atoms with E-state index >= 15 is 0 Å². The minimum atomic E-state index is 0.196. The minimum absolute atomic E-state index is 0.196. The third-order valence-corrected chi connectivity index (χ3v) is 2.96. The minimum Gasteiger partial charge on any atom is -0.492 e. The predicted molar refractivity (Wildman–Crippen MR) is 77.0 cm³/mol. The van der Waals surface area contributed by atoms with E-state index in [1.807, 2.05) is 18.2 Å². The van der Waals surface area contributed by atoms with E-state index in [1.165, 1.54) is 3.57 Å². The first-order chi connectivity index (χ1) is 7.49. The van der Waals surface area contributed by atoms with Crippen molar-refractivity contribution in [2.24, 2.45) is 0 Å². The largest absolute Gasteiger partial charge is 0.492 e. The summed E-state index contributed by atoms with van der Waals surface area (Å²) in [6.45, 7) is 8.28. The molecule has 0 heterocycles. The fraction of sp³-hybridized carbons (Fsp3) is 0.538. The summed E-state index contributed by atoms with van der Waals surface area (Å²) in [6.07, 6.45) is 1.03. The molecule has 1 aromatic rings. The summed E-state index contributed by atoms with van der Waals surface area (Å²) in [5.74, 6) is 0.985. The molecule has 1 N–H and O–H groups in total. The van der Waals surface area contributed by atoms with Crippen LogP contribution in [0, 0.1) is 3.57 Å². The van der Waals surface area contributed by atoms with Gasteiger partial charge in [-0.2, -0.15) is 0 Å². The van der Waals surface area contributed by atoms with Crippen LogP contribution >= 0.6 is 22.6 Å². The van der Waals surface area contributed by atoms with Gasteiger partial charge in [0.2, 0.25) is 0 Å². The summed E-state index contributed by atoms with van der Waals surface area (Å²) in [5, 5.41) is 3.44. The van der Waals surface area contributed by atoms with E-state index in [-0.39, 0.29) is 5.54 Å². The van der Waals surface area contributed by atoms with Gasteiger partial charge in [0.25, 0.3) is 0 Å². The van der Waals surface area contributed by atoms with E-state index in [1.54, 1.807) is 0 Å². The molecule has 0 unspecified atom stereocenters. The van der Waals surface area contributed by atoms with Gasteiger partial charge in [-0.3, -0.25) is 0 Å². The monoisotopic (exact) mass is 333 g/mol. The lowest BCUT2D eigenvalue weighted by atomic mass is 10.1. The molecule has 3 heteroatoms. The van der Waals surface area contributed by atoms with Gasteiger partial charge in [-0.05, 0) is 68.5 Å². The van der Waals surface area contributed by atoms with Crippen LogP contribution in [0.25, 0.3) is 0 Å². The maximum Gasteiger partial charge on any atom is 0.132 e. The Morgan fingerprint density at radius 2 is 1.94 bits per heavy atom. The van der Waals surface area contributed by atoms with Crippen LogP contribution in [0.3, 0.4) is 0 Å². The molecular weight excluding hydrogens is 313 g/mol. The molecule has 0 saturated carbocycles. The second-order valence-electron chi connectivity index (χ2n) is 4.81. The summed E-state index contributed by atoms with van der Waals surface area (Å²) in [7, 11) is 0. The van der Waals surface area contributed by atoms with Gasteiger partial charge in [-0.15, -0.1) is 0 Å². The average Bonchev–Trinajstić information content (AvgIpc) is 2.18. The summed E-state index contributed by atoms with van der Waals surface area (Å²) >= 11 is 2.29. The molecule has 2 nitrogen and oxygen atoms in total. The van der Waals surface area contributed by atoms with Crippen molar-refractivity contribution in [2.75, 3.05) is 13.2 Å². The van der Waals surface area contributed by atoms with Crippen molar-refractivity contribution >= 4 is 22.6 Å². The zero-order valence-corrected chi connectivity index (χ0v) is 12.4. The fourth-order valence-electron chi connectivity index (χ4n) is 1.28. The predicted octanol–water partition coefficient (Wildman–Crippen LogP) is 3.45. The number of para-hydroxylation sites is 1. The highest BCUT2D eigenvalue weighted by Gasteiger charge is 2.07. The molecule has 0 aliphatic heterocycles. The van der Waals surface area contributed by atoms with Crippen LogP contribution in [0.4, 0.5) is 0 Å². The highest BCUT2D eigenvalue weighted by Crippen LogP contribution is 2.19. The van der Waals surface area contributed by atoms with Crippen molar-refractivity contribution in [3.8, 4) is 5.75 Å². The Labute approximate surface area is 112 Å². The number of halogens is 1. The molecule has 90 valence electrons. The van der Waals surface area contributed by atoms with Gasteiger partial charge in [0.05, 0.1) is 10.2 Å². The molecule has 1 aromatic carbocycles. The third kappa shape index (κ3) is 5.70.